The van der Waals surface area contributed by atoms with Crippen LogP contribution in [0.15, 0.2) is 54.6 Å². The van der Waals surface area contributed by atoms with Gasteiger partial charge >= 0.3 is 0 Å². The summed E-state index contributed by atoms with van der Waals surface area (Å²) in [6.45, 7) is 2.45. The van der Waals surface area contributed by atoms with Crippen LogP contribution in [0.1, 0.15) is 6.92 Å². The molecule has 3 aromatic rings. The second-order valence-corrected chi connectivity index (χ2v) is 4.68. The molecule has 3 N–H and O–H groups in total. The van der Waals surface area contributed by atoms with Gasteiger partial charge < -0.3 is 15.8 Å². The van der Waals surface area contributed by atoms with Crippen molar-refractivity contribution < 1.29 is 4.74 Å². The fourth-order valence-electron chi connectivity index (χ4n) is 2.25. The number of hydrogen-bond donors (Lipinski definition) is 2. The number of pyridine rings is 1. The molecule has 3 rings (SSSR count). The van der Waals surface area contributed by atoms with Crippen LogP contribution in [0.3, 0.4) is 0 Å². The number of rotatable bonds is 4. The molecule has 106 valence electrons. The topological polar surface area (TPSA) is 60.2 Å². The van der Waals surface area contributed by atoms with Gasteiger partial charge in [-0.3, -0.25) is 0 Å². The van der Waals surface area contributed by atoms with Gasteiger partial charge in [0.05, 0.1) is 12.3 Å². The molecular weight excluding hydrogens is 262 g/mol. The van der Waals surface area contributed by atoms with Crippen LogP contribution in [0.5, 0.6) is 5.88 Å². The van der Waals surface area contributed by atoms with Crippen LogP contribution in [0, 0.1) is 0 Å². The predicted molar refractivity (Wildman–Crippen MR) is 87.0 cm³/mol. The molecule has 0 unspecified atom stereocenters. The minimum absolute atomic E-state index is 0.461. The third kappa shape index (κ3) is 2.74. The highest BCUT2D eigenvalue weighted by atomic mass is 16.5. The summed E-state index contributed by atoms with van der Waals surface area (Å²) < 4.78 is 5.43. The van der Waals surface area contributed by atoms with Gasteiger partial charge in [0.15, 0.2) is 0 Å². The summed E-state index contributed by atoms with van der Waals surface area (Å²) in [4.78, 5) is 4.41. The van der Waals surface area contributed by atoms with Gasteiger partial charge in [-0.05, 0) is 30.5 Å². The zero-order valence-corrected chi connectivity index (χ0v) is 11.8. The molecular formula is C17H17N3O. The maximum Gasteiger partial charge on any atom is 0.239 e. The summed E-state index contributed by atoms with van der Waals surface area (Å²) in [6.07, 6.45) is 0. The molecule has 0 saturated heterocycles. The van der Waals surface area contributed by atoms with Crippen LogP contribution < -0.4 is 15.8 Å². The van der Waals surface area contributed by atoms with E-state index in [4.69, 9.17) is 10.5 Å². The van der Waals surface area contributed by atoms with Crippen LogP contribution in [-0.4, -0.2) is 11.6 Å². The van der Waals surface area contributed by atoms with E-state index in [0.29, 0.717) is 24.0 Å². The highest BCUT2D eigenvalue weighted by Crippen LogP contribution is 2.27. The van der Waals surface area contributed by atoms with Gasteiger partial charge in [0.1, 0.15) is 5.82 Å². The molecule has 0 saturated carbocycles. The largest absolute Gasteiger partial charge is 0.476 e. The smallest absolute Gasteiger partial charge is 0.239 e. The summed E-state index contributed by atoms with van der Waals surface area (Å²) in [7, 11) is 0. The Hall–Kier alpha value is -2.75. The molecule has 0 aliphatic heterocycles. The first-order chi connectivity index (χ1) is 10.3. The van der Waals surface area contributed by atoms with E-state index in [1.54, 1.807) is 6.07 Å². The van der Waals surface area contributed by atoms with Crippen molar-refractivity contribution in [1.82, 2.24) is 4.98 Å². The summed E-state index contributed by atoms with van der Waals surface area (Å²) in [5.41, 5.74) is 7.39. The van der Waals surface area contributed by atoms with Crippen LogP contribution in [-0.2, 0) is 0 Å². The number of nitrogen functional groups attached to an aromatic ring is 1. The molecule has 0 fully saturated rings. The fraction of sp³-hybridized carbons (Fsp3) is 0.118. The van der Waals surface area contributed by atoms with E-state index < -0.39 is 0 Å². The first-order valence-electron chi connectivity index (χ1n) is 6.92. The molecule has 4 nitrogen and oxygen atoms in total. The average Bonchev–Trinajstić information content (AvgIpc) is 2.51. The van der Waals surface area contributed by atoms with Crippen LogP contribution in [0.25, 0.3) is 10.8 Å². The van der Waals surface area contributed by atoms with Gasteiger partial charge in [0.2, 0.25) is 5.88 Å². The Bertz CT molecular complexity index is 766. The summed E-state index contributed by atoms with van der Waals surface area (Å²) in [5.74, 6) is 1.17. The Balaban J connectivity index is 1.97. The summed E-state index contributed by atoms with van der Waals surface area (Å²) in [6, 6.07) is 18.0. The van der Waals surface area contributed by atoms with Crippen LogP contribution in [0.4, 0.5) is 17.2 Å². The van der Waals surface area contributed by atoms with Crippen LogP contribution in [0.2, 0.25) is 0 Å². The zero-order chi connectivity index (χ0) is 14.7. The number of anilines is 3. The van der Waals surface area contributed by atoms with E-state index in [1.165, 1.54) is 5.39 Å². The second kappa shape index (κ2) is 5.71. The molecule has 2 aromatic carbocycles. The lowest BCUT2D eigenvalue weighted by Gasteiger charge is -2.11. The Labute approximate surface area is 123 Å². The zero-order valence-electron chi connectivity index (χ0n) is 11.8. The minimum Gasteiger partial charge on any atom is -0.476 e. The average molecular weight is 279 g/mol. The molecule has 0 aliphatic carbocycles. The molecule has 4 heteroatoms. The van der Waals surface area contributed by atoms with Gasteiger partial charge in [0.25, 0.3) is 0 Å². The first kappa shape index (κ1) is 13.2. The lowest BCUT2D eigenvalue weighted by Crippen LogP contribution is -2.02. The fourth-order valence-corrected chi connectivity index (χ4v) is 2.25. The van der Waals surface area contributed by atoms with Crippen molar-refractivity contribution >= 4 is 28.0 Å². The molecule has 0 atom stereocenters. The lowest BCUT2D eigenvalue weighted by atomic mass is 10.1. The van der Waals surface area contributed by atoms with Crippen molar-refractivity contribution in [2.45, 2.75) is 6.92 Å². The van der Waals surface area contributed by atoms with E-state index in [2.05, 4.69) is 28.5 Å². The van der Waals surface area contributed by atoms with Gasteiger partial charge in [-0.1, -0.05) is 36.4 Å². The number of aromatic nitrogens is 1. The Morgan fingerprint density at radius 3 is 2.71 bits per heavy atom. The number of nitrogens with one attached hydrogen (secondary N) is 1. The molecule has 0 radical (unpaired) electrons. The third-order valence-corrected chi connectivity index (χ3v) is 3.22. The highest BCUT2D eigenvalue weighted by Gasteiger charge is 2.06. The summed E-state index contributed by atoms with van der Waals surface area (Å²) >= 11 is 0. The SMILES string of the molecule is CCOc1nc(Nc2cccc3ccccc23)ccc1N. The van der Waals surface area contributed by atoms with E-state index >= 15 is 0 Å². The first-order valence-corrected chi connectivity index (χ1v) is 6.92. The highest BCUT2D eigenvalue weighted by molar-refractivity contribution is 5.95. The number of nitrogens with zero attached hydrogens (tertiary/aromatic N) is 1. The van der Waals surface area contributed by atoms with Gasteiger partial charge in [-0.2, -0.15) is 4.98 Å². The van der Waals surface area contributed by atoms with E-state index in [1.807, 2.05) is 37.3 Å². The number of nitrogens with two attached hydrogens (primary N) is 1. The van der Waals surface area contributed by atoms with Crippen molar-refractivity contribution in [2.24, 2.45) is 0 Å². The lowest BCUT2D eigenvalue weighted by molar-refractivity contribution is 0.329. The van der Waals surface area contributed by atoms with E-state index in [0.717, 1.165) is 11.1 Å². The van der Waals surface area contributed by atoms with E-state index in [-0.39, 0.29) is 0 Å². The monoisotopic (exact) mass is 279 g/mol. The Kier molecular flexibility index (Phi) is 3.60. The molecule has 21 heavy (non-hydrogen) atoms. The van der Waals surface area contributed by atoms with Crippen molar-refractivity contribution in [2.75, 3.05) is 17.7 Å². The minimum atomic E-state index is 0.461. The predicted octanol–water partition coefficient (Wildman–Crippen LogP) is 3.96. The van der Waals surface area contributed by atoms with Gasteiger partial charge in [-0.25, -0.2) is 0 Å². The molecule has 0 aliphatic rings. The van der Waals surface area contributed by atoms with E-state index in [9.17, 15) is 0 Å². The second-order valence-electron chi connectivity index (χ2n) is 4.68. The van der Waals surface area contributed by atoms with Gasteiger partial charge in [0, 0.05) is 11.1 Å². The summed E-state index contributed by atoms with van der Waals surface area (Å²) in [5, 5.41) is 5.66. The maximum atomic E-state index is 5.84. The Morgan fingerprint density at radius 1 is 1.05 bits per heavy atom. The quantitative estimate of drug-likeness (QED) is 0.759. The van der Waals surface area contributed by atoms with Crippen molar-refractivity contribution in [3.63, 3.8) is 0 Å². The molecule has 0 spiro atoms. The molecule has 1 heterocycles. The Morgan fingerprint density at radius 2 is 1.86 bits per heavy atom. The third-order valence-electron chi connectivity index (χ3n) is 3.22. The number of benzene rings is 2. The van der Waals surface area contributed by atoms with Gasteiger partial charge in [-0.15, -0.1) is 0 Å². The van der Waals surface area contributed by atoms with Crippen molar-refractivity contribution in [3.05, 3.63) is 54.6 Å². The molecule has 1 aromatic heterocycles. The number of hydrogen-bond acceptors (Lipinski definition) is 4. The normalized spacial score (nSPS) is 10.5. The number of fused-ring (bicyclic) bond motifs is 1. The maximum absolute atomic E-state index is 5.84. The van der Waals surface area contributed by atoms with Crippen molar-refractivity contribution in [1.29, 1.82) is 0 Å². The van der Waals surface area contributed by atoms with Crippen molar-refractivity contribution in [3.8, 4) is 5.88 Å². The number of ether oxygens (including phenoxy) is 1. The van der Waals surface area contributed by atoms with Crippen LogP contribution >= 0.6 is 0 Å². The molecule has 0 bridgehead atoms. The standard InChI is InChI=1S/C17H17N3O/c1-2-21-17-14(18)10-11-16(20-17)19-15-9-5-7-12-6-3-4-8-13(12)15/h3-11H,2,18H2,1H3,(H,19,20). The molecule has 0 amide bonds.